The van der Waals surface area contributed by atoms with Crippen molar-refractivity contribution < 1.29 is 0 Å². The summed E-state index contributed by atoms with van der Waals surface area (Å²) in [6.45, 7) is 3.56. The summed E-state index contributed by atoms with van der Waals surface area (Å²) in [5, 5.41) is 0. The number of nitrogens with zero attached hydrogens (tertiary/aromatic N) is 1. The molecule has 92 valence electrons. The van der Waals surface area contributed by atoms with Crippen LogP contribution in [0.2, 0.25) is 0 Å². The van der Waals surface area contributed by atoms with Gasteiger partial charge in [-0.25, -0.2) is 0 Å². The molecule has 2 N–H and O–H groups in total. The van der Waals surface area contributed by atoms with Gasteiger partial charge in [0.25, 0.3) is 0 Å². The van der Waals surface area contributed by atoms with Gasteiger partial charge in [0.2, 0.25) is 0 Å². The first kappa shape index (κ1) is 11.2. The Morgan fingerprint density at radius 1 is 1.35 bits per heavy atom. The summed E-state index contributed by atoms with van der Waals surface area (Å²) >= 11 is 0. The van der Waals surface area contributed by atoms with Crippen molar-refractivity contribution in [2.75, 3.05) is 13.6 Å². The molecule has 4 unspecified atom stereocenters. The molecule has 0 saturated heterocycles. The fourth-order valence-electron chi connectivity index (χ4n) is 3.19. The Balaban J connectivity index is 1.70. The first-order chi connectivity index (χ1) is 8.16. The topological polar surface area (TPSA) is 29.3 Å². The van der Waals surface area contributed by atoms with Crippen LogP contribution in [0.15, 0.2) is 24.3 Å². The monoisotopic (exact) mass is 230 g/mol. The summed E-state index contributed by atoms with van der Waals surface area (Å²) < 4.78 is 0. The van der Waals surface area contributed by atoms with Gasteiger partial charge in [-0.1, -0.05) is 31.2 Å². The van der Waals surface area contributed by atoms with E-state index in [0.29, 0.717) is 6.04 Å². The van der Waals surface area contributed by atoms with Gasteiger partial charge in [0, 0.05) is 18.6 Å². The van der Waals surface area contributed by atoms with Crippen molar-refractivity contribution >= 4 is 0 Å². The van der Waals surface area contributed by atoms with E-state index in [1.54, 1.807) is 0 Å². The zero-order valence-corrected chi connectivity index (χ0v) is 10.8. The second-order valence-electron chi connectivity index (χ2n) is 5.91. The molecule has 0 radical (unpaired) electrons. The summed E-state index contributed by atoms with van der Waals surface area (Å²) in [7, 11) is 2.24. The molecular weight excluding hydrogens is 208 g/mol. The fraction of sp³-hybridized carbons (Fsp3) is 0.600. The van der Waals surface area contributed by atoms with Gasteiger partial charge in [0.1, 0.15) is 0 Å². The highest BCUT2D eigenvalue weighted by molar-refractivity contribution is 5.36. The molecule has 17 heavy (non-hydrogen) atoms. The lowest BCUT2D eigenvalue weighted by Gasteiger charge is -2.28. The molecule has 2 nitrogen and oxygen atoms in total. The molecule has 1 aromatic rings. The van der Waals surface area contributed by atoms with E-state index in [4.69, 9.17) is 5.73 Å². The number of likely N-dealkylation sites (N-methyl/N-ethyl adjacent to an activating group) is 1. The highest BCUT2D eigenvalue weighted by atomic mass is 15.2. The number of nitrogens with two attached hydrogens (primary N) is 1. The molecule has 2 aliphatic rings. The van der Waals surface area contributed by atoms with E-state index < -0.39 is 0 Å². The average Bonchev–Trinajstić information content (AvgIpc) is 2.89. The average molecular weight is 230 g/mol. The minimum Gasteiger partial charge on any atom is -0.323 e. The van der Waals surface area contributed by atoms with E-state index in [0.717, 1.165) is 18.3 Å². The Morgan fingerprint density at radius 2 is 2.06 bits per heavy atom. The first-order valence-corrected chi connectivity index (χ1v) is 6.70. The summed E-state index contributed by atoms with van der Waals surface area (Å²) in [4.78, 5) is 2.48. The molecule has 0 bridgehead atoms. The van der Waals surface area contributed by atoms with Crippen LogP contribution in [0.4, 0.5) is 0 Å². The molecule has 1 aromatic carbocycles. The molecule has 0 spiro atoms. The van der Waals surface area contributed by atoms with Crippen molar-refractivity contribution in [2.24, 2.45) is 17.6 Å². The molecule has 3 rings (SSSR count). The highest BCUT2D eigenvalue weighted by Gasteiger charge is 2.37. The van der Waals surface area contributed by atoms with Crippen LogP contribution in [0.25, 0.3) is 0 Å². The van der Waals surface area contributed by atoms with E-state index in [9.17, 15) is 0 Å². The molecule has 0 aliphatic heterocycles. The van der Waals surface area contributed by atoms with Crippen molar-refractivity contribution in [3.05, 3.63) is 35.4 Å². The van der Waals surface area contributed by atoms with Crippen molar-refractivity contribution in [1.82, 2.24) is 4.90 Å². The van der Waals surface area contributed by atoms with Gasteiger partial charge in [-0.05, 0) is 42.9 Å². The number of fused-ring (bicyclic) bond motifs is 1. The lowest BCUT2D eigenvalue weighted by atomic mass is 10.1. The lowest BCUT2D eigenvalue weighted by Crippen LogP contribution is -2.39. The van der Waals surface area contributed by atoms with Crippen molar-refractivity contribution in [1.29, 1.82) is 0 Å². The Hall–Kier alpha value is -0.860. The maximum Gasteiger partial charge on any atom is 0.0459 e. The van der Waals surface area contributed by atoms with Gasteiger partial charge in [-0.15, -0.1) is 0 Å². The number of hydrogen-bond acceptors (Lipinski definition) is 2. The summed E-state index contributed by atoms with van der Waals surface area (Å²) in [6.07, 6.45) is 2.52. The minimum absolute atomic E-state index is 0.199. The van der Waals surface area contributed by atoms with Crippen LogP contribution in [0, 0.1) is 11.8 Å². The molecule has 0 amide bonds. The predicted octanol–water partition coefficient (Wildman–Crippen LogP) is 2.20. The third kappa shape index (κ3) is 2.00. The van der Waals surface area contributed by atoms with Crippen LogP contribution in [0.5, 0.6) is 0 Å². The maximum absolute atomic E-state index is 6.38. The molecule has 2 heteroatoms. The molecular formula is C15H22N2. The van der Waals surface area contributed by atoms with Crippen LogP contribution < -0.4 is 5.73 Å². The van der Waals surface area contributed by atoms with Crippen molar-refractivity contribution in [3.8, 4) is 0 Å². The highest BCUT2D eigenvalue weighted by Crippen LogP contribution is 2.40. The van der Waals surface area contributed by atoms with Gasteiger partial charge in [-0.3, -0.25) is 0 Å². The van der Waals surface area contributed by atoms with Crippen LogP contribution in [0.3, 0.4) is 0 Å². The number of rotatable bonds is 3. The smallest absolute Gasteiger partial charge is 0.0459 e. The van der Waals surface area contributed by atoms with E-state index in [1.165, 1.54) is 24.1 Å². The normalized spacial score (nSPS) is 35.1. The lowest BCUT2D eigenvalue weighted by molar-refractivity contribution is 0.211. The van der Waals surface area contributed by atoms with Crippen LogP contribution in [-0.2, 0) is 6.42 Å². The van der Waals surface area contributed by atoms with Gasteiger partial charge < -0.3 is 10.6 Å². The van der Waals surface area contributed by atoms with Crippen molar-refractivity contribution in [2.45, 2.75) is 31.8 Å². The zero-order chi connectivity index (χ0) is 12.0. The summed E-state index contributed by atoms with van der Waals surface area (Å²) in [5.41, 5.74) is 9.18. The Labute approximate surface area is 104 Å². The van der Waals surface area contributed by atoms with Gasteiger partial charge >= 0.3 is 0 Å². The standard InChI is InChI=1S/C15H22N2/c1-10-7-12(10)9-17(2)14-8-11-5-3-4-6-13(11)15(14)16/h3-6,10,12,14-15H,7-9,16H2,1-2H3. The van der Waals surface area contributed by atoms with Crippen LogP contribution in [0.1, 0.15) is 30.5 Å². The number of benzene rings is 1. The SMILES string of the molecule is CC1CC1CN(C)C1Cc2ccccc2C1N. The Bertz CT molecular complexity index is 415. The minimum atomic E-state index is 0.199. The molecule has 4 atom stereocenters. The van der Waals surface area contributed by atoms with E-state index >= 15 is 0 Å². The van der Waals surface area contributed by atoms with Gasteiger partial charge in [-0.2, -0.15) is 0 Å². The Kier molecular flexibility index (Phi) is 2.72. The molecule has 0 heterocycles. The maximum atomic E-state index is 6.38. The zero-order valence-electron chi connectivity index (χ0n) is 10.8. The predicted molar refractivity (Wildman–Crippen MR) is 70.8 cm³/mol. The first-order valence-electron chi connectivity index (χ1n) is 6.70. The molecule has 1 saturated carbocycles. The molecule has 1 fully saturated rings. The fourth-order valence-corrected chi connectivity index (χ4v) is 3.19. The van der Waals surface area contributed by atoms with Crippen molar-refractivity contribution in [3.63, 3.8) is 0 Å². The van der Waals surface area contributed by atoms with E-state index in [-0.39, 0.29) is 6.04 Å². The summed E-state index contributed by atoms with van der Waals surface area (Å²) in [6, 6.07) is 9.34. The second-order valence-corrected chi connectivity index (χ2v) is 5.91. The van der Waals surface area contributed by atoms with Crippen LogP contribution in [-0.4, -0.2) is 24.5 Å². The largest absolute Gasteiger partial charge is 0.323 e. The quantitative estimate of drug-likeness (QED) is 0.862. The molecule has 2 aliphatic carbocycles. The third-order valence-electron chi connectivity index (χ3n) is 4.62. The van der Waals surface area contributed by atoms with Crippen LogP contribution >= 0.6 is 0 Å². The van der Waals surface area contributed by atoms with Gasteiger partial charge in [0.05, 0.1) is 0 Å². The third-order valence-corrected chi connectivity index (χ3v) is 4.62. The second kappa shape index (κ2) is 4.11. The van der Waals surface area contributed by atoms with E-state index in [1.807, 2.05) is 0 Å². The number of hydrogen-bond donors (Lipinski definition) is 1. The van der Waals surface area contributed by atoms with E-state index in [2.05, 4.69) is 43.1 Å². The summed E-state index contributed by atoms with van der Waals surface area (Å²) in [5.74, 6) is 1.84. The van der Waals surface area contributed by atoms with Gasteiger partial charge in [0.15, 0.2) is 0 Å². The molecule has 0 aromatic heterocycles. The Morgan fingerprint density at radius 3 is 2.71 bits per heavy atom.